The molecule has 60 valence electrons. The van der Waals surface area contributed by atoms with Crippen molar-refractivity contribution in [2.75, 3.05) is 0 Å². The molecule has 0 radical (unpaired) electrons. The summed E-state index contributed by atoms with van der Waals surface area (Å²) in [5.74, 6) is -0.128. The van der Waals surface area contributed by atoms with E-state index in [2.05, 4.69) is 15.9 Å². The van der Waals surface area contributed by atoms with Gasteiger partial charge in [0.15, 0.2) is 0 Å². The number of rotatable bonds is 2. The monoisotopic (exact) mass is 216 g/mol. The minimum atomic E-state index is -0.128. The highest BCUT2D eigenvalue weighted by Crippen LogP contribution is 2.27. The maximum absolute atomic E-state index is 13.0. The van der Waals surface area contributed by atoms with Gasteiger partial charge in [-0.2, -0.15) is 0 Å². The number of halogens is 2. The molecule has 0 aliphatic carbocycles. The highest BCUT2D eigenvalue weighted by Gasteiger charge is 2.08. The van der Waals surface area contributed by atoms with E-state index < -0.39 is 0 Å². The van der Waals surface area contributed by atoms with Crippen molar-refractivity contribution in [1.29, 1.82) is 0 Å². The maximum atomic E-state index is 13.0. The lowest BCUT2D eigenvalue weighted by Crippen LogP contribution is -1.91. The lowest BCUT2D eigenvalue weighted by molar-refractivity contribution is 0.606. The third kappa shape index (κ3) is 2.03. The fourth-order valence-corrected chi connectivity index (χ4v) is 1.32. The first-order valence-corrected chi connectivity index (χ1v) is 4.55. The van der Waals surface area contributed by atoms with E-state index in [0.29, 0.717) is 0 Å². The van der Waals surface area contributed by atoms with Gasteiger partial charge in [0.1, 0.15) is 5.82 Å². The Morgan fingerprint density at radius 3 is 2.64 bits per heavy atom. The molecular formula is C9H10BrF. The summed E-state index contributed by atoms with van der Waals surface area (Å²) in [5, 5.41) is 0. The normalized spacial score (nSPS) is 13.0. The molecule has 0 N–H and O–H groups in total. The highest BCUT2D eigenvalue weighted by atomic mass is 79.9. The molecule has 0 fully saturated rings. The molecule has 0 saturated heterocycles. The van der Waals surface area contributed by atoms with Crippen molar-refractivity contribution in [3.63, 3.8) is 0 Å². The SMILES string of the molecule is CC[C@H](Br)c1ccccc1F. The van der Waals surface area contributed by atoms with Gasteiger partial charge in [0.05, 0.1) is 0 Å². The van der Waals surface area contributed by atoms with Crippen LogP contribution in [-0.4, -0.2) is 0 Å². The molecule has 0 aromatic heterocycles. The summed E-state index contributed by atoms with van der Waals surface area (Å²) in [6.07, 6.45) is 0.904. The molecular weight excluding hydrogens is 207 g/mol. The quantitative estimate of drug-likeness (QED) is 0.663. The number of hydrogen-bond donors (Lipinski definition) is 0. The highest BCUT2D eigenvalue weighted by molar-refractivity contribution is 9.09. The zero-order valence-corrected chi connectivity index (χ0v) is 7.94. The van der Waals surface area contributed by atoms with E-state index in [1.807, 2.05) is 13.0 Å². The Morgan fingerprint density at radius 1 is 1.45 bits per heavy atom. The minimum absolute atomic E-state index is 0.128. The topological polar surface area (TPSA) is 0 Å². The van der Waals surface area contributed by atoms with Gasteiger partial charge in [0.2, 0.25) is 0 Å². The second-order valence-electron chi connectivity index (χ2n) is 2.40. The van der Waals surface area contributed by atoms with Gasteiger partial charge >= 0.3 is 0 Å². The van der Waals surface area contributed by atoms with Crippen LogP contribution >= 0.6 is 15.9 Å². The summed E-state index contributed by atoms with van der Waals surface area (Å²) in [5.41, 5.74) is 0.745. The first-order valence-electron chi connectivity index (χ1n) is 3.64. The number of hydrogen-bond acceptors (Lipinski definition) is 0. The van der Waals surface area contributed by atoms with Crippen LogP contribution in [0.1, 0.15) is 23.7 Å². The van der Waals surface area contributed by atoms with Crippen molar-refractivity contribution in [1.82, 2.24) is 0 Å². The van der Waals surface area contributed by atoms with Crippen molar-refractivity contribution < 1.29 is 4.39 Å². The molecule has 0 spiro atoms. The van der Waals surface area contributed by atoms with Crippen molar-refractivity contribution in [3.05, 3.63) is 35.6 Å². The third-order valence-electron chi connectivity index (χ3n) is 1.60. The van der Waals surface area contributed by atoms with Crippen molar-refractivity contribution in [3.8, 4) is 0 Å². The predicted octanol–water partition coefficient (Wildman–Crippen LogP) is 3.67. The third-order valence-corrected chi connectivity index (χ3v) is 2.74. The lowest BCUT2D eigenvalue weighted by Gasteiger charge is -2.06. The molecule has 0 aliphatic heterocycles. The molecule has 0 bridgehead atoms. The van der Waals surface area contributed by atoms with E-state index in [1.165, 1.54) is 6.07 Å². The van der Waals surface area contributed by atoms with Gasteiger partial charge < -0.3 is 0 Å². The Labute approximate surface area is 74.6 Å². The summed E-state index contributed by atoms with van der Waals surface area (Å²) in [4.78, 5) is 0.142. The molecule has 0 unspecified atom stereocenters. The van der Waals surface area contributed by atoms with E-state index in [4.69, 9.17) is 0 Å². The molecule has 11 heavy (non-hydrogen) atoms. The van der Waals surface area contributed by atoms with E-state index in [0.717, 1.165) is 12.0 Å². The number of alkyl halides is 1. The molecule has 0 amide bonds. The summed E-state index contributed by atoms with van der Waals surface area (Å²) in [6, 6.07) is 6.84. The standard InChI is InChI=1S/C9H10BrF/c1-2-8(10)7-5-3-4-6-9(7)11/h3-6,8H,2H2,1H3/t8-/m0/s1. The van der Waals surface area contributed by atoms with Gasteiger partial charge in [0.25, 0.3) is 0 Å². The second kappa shape index (κ2) is 3.86. The van der Waals surface area contributed by atoms with Crippen molar-refractivity contribution in [2.24, 2.45) is 0 Å². The Bertz CT molecular complexity index is 235. The Balaban J connectivity index is 2.93. The van der Waals surface area contributed by atoms with E-state index in [1.54, 1.807) is 12.1 Å². The molecule has 1 aromatic rings. The average molecular weight is 217 g/mol. The first kappa shape index (κ1) is 8.72. The van der Waals surface area contributed by atoms with Crippen molar-refractivity contribution in [2.45, 2.75) is 18.2 Å². The van der Waals surface area contributed by atoms with E-state index in [9.17, 15) is 4.39 Å². The van der Waals surface area contributed by atoms with Gasteiger partial charge in [-0.3, -0.25) is 0 Å². The Kier molecular flexibility index (Phi) is 3.06. The second-order valence-corrected chi connectivity index (χ2v) is 3.50. The first-order chi connectivity index (χ1) is 5.25. The summed E-state index contributed by atoms with van der Waals surface area (Å²) >= 11 is 3.40. The van der Waals surface area contributed by atoms with Crippen LogP contribution in [0.2, 0.25) is 0 Å². The molecule has 2 heteroatoms. The van der Waals surface area contributed by atoms with Gasteiger partial charge in [-0.05, 0) is 12.5 Å². The molecule has 1 atom stereocenters. The largest absolute Gasteiger partial charge is 0.207 e. The van der Waals surface area contributed by atoms with Crippen LogP contribution in [0, 0.1) is 5.82 Å². The molecule has 1 aromatic carbocycles. The van der Waals surface area contributed by atoms with Crippen LogP contribution in [0.5, 0.6) is 0 Å². The van der Waals surface area contributed by atoms with Gasteiger partial charge in [-0.25, -0.2) is 4.39 Å². The van der Waals surface area contributed by atoms with Gasteiger partial charge in [-0.1, -0.05) is 41.1 Å². The van der Waals surface area contributed by atoms with E-state index in [-0.39, 0.29) is 10.6 Å². The Morgan fingerprint density at radius 2 is 2.09 bits per heavy atom. The van der Waals surface area contributed by atoms with Crippen LogP contribution < -0.4 is 0 Å². The van der Waals surface area contributed by atoms with Crippen molar-refractivity contribution >= 4 is 15.9 Å². The zero-order valence-electron chi connectivity index (χ0n) is 6.35. The summed E-state index contributed by atoms with van der Waals surface area (Å²) in [7, 11) is 0. The summed E-state index contributed by atoms with van der Waals surface area (Å²) < 4.78 is 13.0. The molecule has 0 saturated carbocycles. The minimum Gasteiger partial charge on any atom is -0.207 e. The Hall–Kier alpha value is -0.370. The fourth-order valence-electron chi connectivity index (χ4n) is 0.949. The smallest absolute Gasteiger partial charge is 0.127 e. The van der Waals surface area contributed by atoms with E-state index >= 15 is 0 Å². The van der Waals surface area contributed by atoms with Crippen LogP contribution in [0.25, 0.3) is 0 Å². The molecule has 0 aliphatic rings. The average Bonchev–Trinajstić information content (AvgIpc) is 2.04. The fraction of sp³-hybridized carbons (Fsp3) is 0.333. The molecule has 1 rings (SSSR count). The van der Waals surface area contributed by atoms with Crippen LogP contribution in [0.4, 0.5) is 4.39 Å². The molecule has 0 heterocycles. The predicted molar refractivity (Wildman–Crippen MR) is 48.4 cm³/mol. The molecule has 0 nitrogen and oxygen atoms in total. The van der Waals surface area contributed by atoms with Crippen LogP contribution in [0.3, 0.4) is 0 Å². The summed E-state index contributed by atoms with van der Waals surface area (Å²) in [6.45, 7) is 2.02. The van der Waals surface area contributed by atoms with Gasteiger partial charge in [-0.15, -0.1) is 0 Å². The maximum Gasteiger partial charge on any atom is 0.127 e. The van der Waals surface area contributed by atoms with Crippen LogP contribution in [-0.2, 0) is 0 Å². The van der Waals surface area contributed by atoms with Crippen LogP contribution in [0.15, 0.2) is 24.3 Å². The van der Waals surface area contributed by atoms with Gasteiger partial charge in [0, 0.05) is 10.4 Å². The number of benzene rings is 1. The lowest BCUT2D eigenvalue weighted by atomic mass is 10.1. The zero-order chi connectivity index (χ0) is 8.27.